The van der Waals surface area contributed by atoms with Gasteiger partial charge in [0.25, 0.3) is 0 Å². The molecule has 1 saturated carbocycles. The fraction of sp³-hybridized carbons (Fsp3) is 0.667. The first-order valence-electron chi connectivity index (χ1n) is 5.89. The molecule has 1 aliphatic carbocycles. The summed E-state index contributed by atoms with van der Waals surface area (Å²) in [5.74, 6) is -1.02. The fourth-order valence-corrected chi connectivity index (χ4v) is 2.82. The van der Waals surface area contributed by atoms with E-state index in [1.807, 2.05) is 0 Å². The SMILES string of the molecule is C=CCOC(=O)NC1(C(=O)O)CC2(CCOC2)C1. The summed E-state index contributed by atoms with van der Waals surface area (Å²) in [5, 5.41) is 11.7. The van der Waals surface area contributed by atoms with Gasteiger partial charge < -0.3 is 19.9 Å². The molecule has 1 spiro atoms. The van der Waals surface area contributed by atoms with Crippen molar-refractivity contribution in [1.82, 2.24) is 5.32 Å². The van der Waals surface area contributed by atoms with Gasteiger partial charge in [-0.25, -0.2) is 9.59 Å². The van der Waals surface area contributed by atoms with Crippen molar-refractivity contribution in [3.05, 3.63) is 12.7 Å². The van der Waals surface area contributed by atoms with Gasteiger partial charge >= 0.3 is 12.1 Å². The average Bonchev–Trinajstić information content (AvgIpc) is 2.74. The van der Waals surface area contributed by atoms with Crippen LogP contribution < -0.4 is 5.32 Å². The molecule has 6 heteroatoms. The average molecular weight is 255 g/mol. The van der Waals surface area contributed by atoms with E-state index in [2.05, 4.69) is 11.9 Å². The molecule has 2 aliphatic rings. The Balaban J connectivity index is 1.96. The number of hydrogen-bond acceptors (Lipinski definition) is 4. The number of aliphatic carboxylic acids is 1. The summed E-state index contributed by atoms with van der Waals surface area (Å²) < 4.78 is 10.1. The number of rotatable bonds is 4. The number of carboxylic acid groups (broad SMARTS) is 1. The van der Waals surface area contributed by atoms with Gasteiger partial charge in [-0.2, -0.15) is 0 Å². The highest BCUT2D eigenvalue weighted by Gasteiger charge is 2.61. The Morgan fingerprint density at radius 2 is 2.22 bits per heavy atom. The number of carboxylic acids is 1. The third-order valence-corrected chi connectivity index (χ3v) is 3.62. The third-order valence-electron chi connectivity index (χ3n) is 3.62. The standard InChI is InChI=1S/C12H17NO5/c1-2-4-18-10(16)13-12(9(14)15)6-11(7-12)3-5-17-8-11/h2H,1,3-8H2,(H,13,16)(H,14,15). The van der Waals surface area contributed by atoms with E-state index in [-0.39, 0.29) is 12.0 Å². The van der Waals surface area contributed by atoms with Crippen LogP contribution in [0.3, 0.4) is 0 Å². The van der Waals surface area contributed by atoms with Crippen LogP contribution in [0.2, 0.25) is 0 Å². The Hall–Kier alpha value is -1.56. The third kappa shape index (κ3) is 2.20. The molecule has 1 saturated heterocycles. The zero-order chi connectivity index (χ0) is 13.2. The molecule has 0 aromatic heterocycles. The zero-order valence-electron chi connectivity index (χ0n) is 10.1. The number of hydrogen-bond donors (Lipinski definition) is 2. The first-order chi connectivity index (χ1) is 8.52. The van der Waals surface area contributed by atoms with Gasteiger partial charge in [-0.05, 0) is 19.3 Å². The highest BCUT2D eigenvalue weighted by atomic mass is 16.5. The molecule has 18 heavy (non-hydrogen) atoms. The Morgan fingerprint density at radius 3 is 2.72 bits per heavy atom. The van der Waals surface area contributed by atoms with Crippen LogP contribution >= 0.6 is 0 Å². The zero-order valence-corrected chi connectivity index (χ0v) is 10.1. The maximum absolute atomic E-state index is 11.4. The molecule has 0 bridgehead atoms. The van der Waals surface area contributed by atoms with Crippen molar-refractivity contribution in [1.29, 1.82) is 0 Å². The van der Waals surface area contributed by atoms with Gasteiger partial charge in [0.15, 0.2) is 0 Å². The highest BCUT2D eigenvalue weighted by Crippen LogP contribution is 2.53. The molecule has 0 aromatic rings. The van der Waals surface area contributed by atoms with Crippen LogP contribution in [0.5, 0.6) is 0 Å². The van der Waals surface area contributed by atoms with Gasteiger partial charge in [-0.15, -0.1) is 0 Å². The Bertz CT molecular complexity index is 365. The molecule has 100 valence electrons. The van der Waals surface area contributed by atoms with E-state index >= 15 is 0 Å². The lowest BCUT2D eigenvalue weighted by atomic mass is 9.57. The van der Waals surface area contributed by atoms with Crippen LogP contribution in [0.1, 0.15) is 19.3 Å². The van der Waals surface area contributed by atoms with Crippen LogP contribution in [-0.2, 0) is 14.3 Å². The Kier molecular flexibility index (Phi) is 3.30. The molecule has 1 amide bonds. The van der Waals surface area contributed by atoms with Crippen molar-refractivity contribution in [2.75, 3.05) is 19.8 Å². The fourth-order valence-electron chi connectivity index (χ4n) is 2.82. The minimum Gasteiger partial charge on any atom is -0.480 e. The van der Waals surface area contributed by atoms with Crippen LogP contribution in [0, 0.1) is 5.41 Å². The van der Waals surface area contributed by atoms with E-state index in [0.29, 0.717) is 26.1 Å². The largest absolute Gasteiger partial charge is 0.480 e. The predicted molar refractivity (Wildman–Crippen MR) is 62.2 cm³/mol. The van der Waals surface area contributed by atoms with Crippen molar-refractivity contribution in [2.45, 2.75) is 24.8 Å². The lowest BCUT2D eigenvalue weighted by molar-refractivity contribution is -0.156. The topological polar surface area (TPSA) is 84.9 Å². The van der Waals surface area contributed by atoms with Crippen molar-refractivity contribution >= 4 is 12.1 Å². The molecule has 2 rings (SSSR count). The number of carbonyl (C=O) groups is 2. The van der Waals surface area contributed by atoms with Gasteiger partial charge in [0, 0.05) is 12.0 Å². The van der Waals surface area contributed by atoms with Gasteiger partial charge in [0.2, 0.25) is 0 Å². The van der Waals surface area contributed by atoms with Crippen molar-refractivity contribution < 1.29 is 24.2 Å². The molecular formula is C12H17NO5. The summed E-state index contributed by atoms with van der Waals surface area (Å²) >= 11 is 0. The molecule has 2 fully saturated rings. The smallest absolute Gasteiger partial charge is 0.408 e. The highest BCUT2D eigenvalue weighted by molar-refractivity contribution is 5.86. The molecule has 0 unspecified atom stereocenters. The van der Waals surface area contributed by atoms with Gasteiger partial charge in [-0.1, -0.05) is 12.7 Å². The van der Waals surface area contributed by atoms with Crippen LogP contribution in [0.4, 0.5) is 4.79 Å². The number of amides is 1. The number of carbonyl (C=O) groups excluding carboxylic acids is 1. The molecule has 1 aliphatic heterocycles. The predicted octanol–water partition coefficient (Wildman–Crippen LogP) is 0.922. The van der Waals surface area contributed by atoms with E-state index < -0.39 is 17.6 Å². The van der Waals surface area contributed by atoms with Crippen LogP contribution in [-0.4, -0.2) is 42.5 Å². The minimum absolute atomic E-state index is 0.0653. The Labute approximate surface area is 105 Å². The summed E-state index contributed by atoms with van der Waals surface area (Å²) in [5.41, 5.74) is -1.28. The van der Waals surface area contributed by atoms with Crippen LogP contribution in [0.15, 0.2) is 12.7 Å². The van der Waals surface area contributed by atoms with Gasteiger partial charge in [0.1, 0.15) is 12.1 Å². The summed E-state index contributed by atoms with van der Waals surface area (Å²) in [7, 11) is 0. The first-order valence-corrected chi connectivity index (χ1v) is 5.89. The maximum atomic E-state index is 11.4. The number of nitrogens with one attached hydrogen (secondary N) is 1. The van der Waals surface area contributed by atoms with E-state index in [1.54, 1.807) is 0 Å². The number of alkyl carbamates (subject to hydrolysis) is 1. The molecule has 0 radical (unpaired) electrons. The summed E-state index contributed by atoms with van der Waals surface area (Å²) in [6, 6.07) is 0. The summed E-state index contributed by atoms with van der Waals surface area (Å²) in [4.78, 5) is 22.8. The second kappa shape index (κ2) is 4.61. The quantitative estimate of drug-likeness (QED) is 0.730. The normalized spacial score (nSPS) is 33.8. The van der Waals surface area contributed by atoms with Gasteiger partial charge in [0.05, 0.1) is 6.61 Å². The van der Waals surface area contributed by atoms with E-state index in [1.165, 1.54) is 6.08 Å². The lowest BCUT2D eigenvalue weighted by Crippen LogP contribution is -2.66. The van der Waals surface area contributed by atoms with Gasteiger partial charge in [-0.3, -0.25) is 0 Å². The number of ether oxygens (including phenoxy) is 2. The molecule has 2 N–H and O–H groups in total. The van der Waals surface area contributed by atoms with Crippen molar-refractivity contribution in [3.8, 4) is 0 Å². The molecule has 1 heterocycles. The second-order valence-electron chi connectivity index (χ2n) is 5.06. The van der Waals surface area contributed by atoms with E-state index in [0.717, 1.165) is 6.42 Å². The Morgan fingerprint density at radius 1 is 1.50 bits per heavy atom. The van der Waals surface area contributed by atoms with Crippen molar-refractivity contribution in [2.24, 2.45) is 5.41 Å². The minimum atomic E-state index is -1.20. The first kappa shape index (κ1) is 12.9. The monoisotopic (exact) mass is 255 g/mol. The molecule has 6 nitrogen and oxygen atoms in total. The van der Waals surface area contributed by atoms with E-state index in [4.69, 9.17) is 9.47 Å². The second-order valence-corrected chi connectivity index (χ2v) is 5.06. The lowest BCUT2D eigenvalue weighted by Gasteiger charge is -2.51. The van der Waals surface area contributed by atoms with Crippen molar-refractivity contribution in [3.63, 3.8) is 0 Å². The molecular weight excluding hydrogens is 238 g/mol. The summed E-state index contributed by atoms with van der Waals surface area (Å²) in [6.07, 6.45) is 2.37. The van der Waals surface area contributed by atoms with E-state index in [9.17, 15) is 14.7 Å². The maximum Gasteiger partial charge on any atom is 0.408 e. The summed E-state index contributed by atoms with van der Waals surface area (Å²) in [6.45, 7) is 4.72. The molecule has 0 atom stereocenters. The molecule has 0 aromatic carbocycles. The van der Waals surface area contributed by atoms with Crippen LogP contribution in [0.25, 0.3) is 0 Å².